The smallest absolute Gasteiger partial charge is 0.306 e. The van der Waals surface area contributed by atoms with Gasteiger partial charge in [0, 0.05) is 13.0 Å². The minimum absolute atomic E-state index is 0.0271. The van der Waals surface area contributed by atoms with E-state index in [0.29, 0.717) is 13.0 Å². The van der Waals surface area contributed by atoms with Crippen LogP contribution < -0.4 is 0 Å². The monoisotopic (exact) mass is 1090 g/mol. The molecule has 0 radical (unpaired) electrons. The molecule has 0 aromatic heterocycles. The van der Waals surface area contributed by atoms with E-state index < -0.39 is 86.7 Å². The zero-order valence-corrected chi connectivity index (χ0v) is 47.7. The Morgan fingerprint density at radius 1 is 0.442 bits per heavy atom. The molecular formula is C63H108O14. The van der Waals surface area contributed by atoms with Gasteiger partial charge in [0.25, 0.3) is 0 Å². The van der Waals surface area contributed by atoms with Crippen LogP contribution in [-0.2, 0) is 33.2 Å². The standard InChI is InChI=1S/C63H108O14/c1-3-5-7-9-11-13-15-17-19-21-23-24-25-26-27-29-31-33-35-37-39-41-43-45-47-72-49-52(75-55(65)46-44-42-40-38-36-34-32-30-28-22-20-18-16-14-12-10-8-6-4-2)50-73-62-61(71)59(69)57(67)54(77-62)51-74-63-60(70)58(68)56(66)53(48-64)76-63/h6,8,12,14,18,20-21,23,28,30,34,36,40,42,52-54,56-64,66-71H,3-5,7,9-11,13,15-17,19,22,24-27,29,31-33,35,37-39,41,43-51H2,1-2H3/b8-6-,14-12-,20-18-,23-21-,30-28-,36-34-,42-40-. The average Bonchev–Trinajstić information content (AvgIpc) is 3.43. The van der Waals surface area contributed by atoms with E-state index in [2.05, 4.69) is 86.8 Å². The fourth-order valence-corrected chi connectivity index (χ4v) is 9.07. The number of ether oxygens (including phenoxy) is 6. The van der Waals surface area contributed by atoms with Gasteiger partial charge in [-0.15, -0.1) is 0 Å². The Morgan fingerprint density at radius 2 is 0.844 bits per heavy atom. The number of rotatable bonds is 48. The molecule has 2 aliphatic heterocycles. The van der Waals surface area contributed by atoms with Crippen molar-refractivity contribution < 1.29 is 69.0 Å². The van der Waals surface area contributed by atoms with Crippen LogP contribution in [0.25, 0.3) is 0 Å². The molecule has 0 spiro atoms. The van der Waals surface area contributed by atoms with Gasteiger partial charge in [0.05, 0.1) is 26.4 Å². The molecule has 0 aromatic carbocycles. The third-order valence-corrected chi connectivity index (χ3v) is 13.9. The van der Waals surface area contributed by atoms with Gasteiger partial charge in [0.15, 0.2) is 12.6 Å². The second-order valence-corrected chi connectivity index (χ2v) is 20.8. The van der Waals surface area contributed by atoms with E-state index in [9.17, 15) is 40.5 Å². The predicted molar refractivity (Wildman–Crippen MR) is 307 cm³/mol. The number of carbonyl (C=O) groups excluding carboxylic acids is 1. The average molecular weight is 1090 g/mol. The van der Waals surface area contributed by atoms with Crippen molar-refractivity contribution >= 4 is 5.97 Å². The highest BCUT2D eigenvalue weighted by atomic mass is 16.7. The minimum Gasteiger partial charge on any atom is -0.457 e. The van der Waals surface area contributed by atoms with Crippen LogP contribution in [0.5, 0.6) is 0 Å². The lowest BCUT2D eigenvalue weighted by molar-refractivity contribution is -0.332. The van der Waals surface area contributed by atoms with Gasteiger partial charge < -0.3 is 64.2 Å². The second kappa shape index (κ2) is 49.0. The van der Waals surface area contributed by atoms with E-state index in [1.807, 2.05) is 12.2 Å². The molecule has 14 heteroatoms. The summed E-state index contributed by atoms with van der Waals surface area (Å²) >= 11 is 0. The highest BCUT2D eigenvalue weighted by Crippen LogP contribution is 2.26. The normalized spacial score (nSPS) is 24.9. The first-order chi connectivity index (χ1) is 37.6. The van der Waals surface area contributed by atoms with E-state index in [1.54, 1.807) is 0 Å². The molecule has 0 amide bonds. The lowest BCUT2D eigenvalue weighted by Crippen LogP contribution is -2.61. The molecule has 77 heavy (non-hydrogen) atoms. The van der Waals surface area contributed by atoms with Crippen LogP contribution in [0, 0.1) is 0 Å². The van der Waals surface area contributed by atoms with E-state index in [-0.39, 0.29) is 19.6 Å². The van der Waals surface area contributed by atoms with Gasteiger partial charge in [0.1, 0.15) is 54.9 Å². The summed E-state index contributed by atoms with van der Waals surface area (Å²) in [6.07, 6.45) is 48.1. The molecule has 2 heterocycles. The molecule has 7 N–H and O–H groups in total. The maximum absolute atomic E-state index is 13.0. The Labute approximate surface area is 465 Å². The third kappa shape index (κ3) is 35.5. The van der Waals surface area contributed by atoms with Crippen LogP contribution >= 0.6 is 0 Å². The quantitative estimate of drug-likeness (QED) is 0.0172. The summed E-state index contributed by atoms with van der Waals surface area (Å²) in [6, 6.07) is 0. The van der Waals surface area contributed by atoms with Crippen molar-refractivity contribution in [2.45, 2.75) is 274 Å². The van der Waals surface area contributed by atoms with Gasteiger partial charge in [0.2, 0.25) is 0 Å². The summed E-state index contributed by atoms with van der Waals surface area (Å²) < 4.78 is 34.3. The van der Waals surface area contributed by atoms with Crippen LogP contribution in [0.3, 0.4) is 0 Å². The molecule has 0 aliphatic carbocycles. The Bertz CT molecular complexity index is 1590. The van der Waals surface area contributed by atoms with E-state index in [4.69, 9.17) is 28.4 Å². The first-order valence-electron chi connectivity index (χ1n) is 30.2. The van der Waals surface area contributed by atoms with Gasteiger partial charge in [-0.25, -0.2) is 0 Å². The molecule has 2 rings (SSSR count). The summed E-state index contributed by atoms with van der Waals surface area (Å²) in [7, 11) is 0. The molecule has 0 saturated carbocycles. The fourth-order valence-electron chi connectivity index (χ4n) is 9.07. The van der Waals surface area contributed by atoms with Gasteiger partial charge in [-0.05, 0) is 77.0 Å². The molecule has 11 atom stereocenters. The summed E-state index contributed by atoms with van der Waals surface area (Å²) in [6.45, 7) is 3.48. The first kappa shape index (κ1) is 70.3. The molecule has 2 aliphatic rings. The summed E-state index contributed by atoms with van der Waals surface area (Å²) in [5, 5.41) is 72.4. The maximum Gasteiger partial charge on any atom is 0.306 e. The fraction of sp³-hybridized carbons (Fsp3) is 0.762. The Kier molecular flexibility index (Phi) is 44.7. The zero-order valence-electron chi connectivity index (χ0n) is 47.7. The predicted octanol–water partition coefficient (Wildman–Crippen LogP) is 11.2. The van der Waals surface area contributed by atoms with Crippen molar-refractivity contribution in [1.82, 2.24) is 0 Å². The van der Waals surface area contributed by atoms with Crippen molar-refractivity contribution in [2.24, 2.45) is 0 Å². The Hall–Kier alpha value is -2.83. The van der Waals surface area contributed by atoms with Crippen molar-refractivity contribution in [2.75, 3.05) is 33.0 Å². The van der Waals surface area contributed by atoms with Gasteiger partial charge in [-0.3, -0.25) is 4.79 Å². The second-order valence-electron chi connectivity index (χ2n) is 20.8. The molecular weight excluding hydrogens is 981 g/mol. The van der Waals surface area contributed by atoms with Crippen LogP contribution in [0.1, 0.15) is 206 Å². The van der Waals surface area contributed by atoms with Crippen LogP contribution in [0.2, 0.25) is 0 Å². The van der Waals surface area contributed by atoms with Gasteiger partial charge in [-0.2, -0.15) is 0 Å². The van der Waals surface area contributed by atoms with Crippen LogP contribution in [0.4, 0.5) is 0 Å². The minimum atomic E-state index is -1.72. The number of hydrogen-bond acceptors (Lipinski definition) is 14. The maximum atomic E-state index is 13.0. The number of aliphatic hydroxyl groups excluding tert-OH is 7. The summed E-state index contributed by atoms with van der Waals surface area (Å²) in [4.78, 5) is 13.0. The molecule has 11 unspecified atom stereocenters. The summed E-state index contributed by atoms with van der Waals surface area (Å²) in [5.41, 5.74) is 0. The van der Waals surface area contributed by atoms with Crippen molar-refractivity contribution in [1.29, 1.82) is 0 Å². The van der Waals surface area contributed by atoms with Crippen molar-refractivity contribution in [3.8, 4) is 0 Å². The molecule has 0 bridgehead atoms. The number of allylic oxidation sites excluding steroid dienone is 14. The Balaban J connectivity index is 1.72. The first-order valence-corrected chi connectivity index (χ1v) is 30.2. The number of hydrogen-bond donors (Lipinski definition) is 7. The van der Waals surface area contributed by atoms with Crippen LogP contribution in [0.15, 0.2) is 85.1 Å². The molecule has 2 saturated heterocycles. The molecule has 2 fully saturated rings. The molecule has 0 aromatic rings. The van der Waals surface area contributed by atoms with E-state index >= 15 is 0 Å². The number of carbonyl (C=O) groups is 1. The van der Waals surface area contributed by atoms with Gasteiger partial charge in [-0.1, -0.05) is 208 Å². The SMILES string of the molecule is CC/C=C\C/C=C\C/C=C\C/C=C\C/C=C\C/C=C\CCC(=O)OC(COCCCCCCCCCCCCCC/C=C\CCCCCCCCCC)COC1OC(COC2OC(CO)C(O)C(O)C2O)C(O)C(O)C1O. The summed E-state index contributed by atoms with van der Waals surface area (Å²) in [5.74, 6) is -0.458. The van der Waals surface area contributed by atoms with Gasteiger partial charge >= 0.3 is 5.97 Å². The zero-order chi connectivity index (χ0) is 55.8. The van der Waals surface area contributed by atoms with E-state index in [0.717, 1.165) is 57.8 Å². The molecule has 14 nitrogen and oxygen atoms in total. The topological polar surface area (TPSA) is 214 Å². The third-order valence-electron chi connectivity index (χ3n) is 13.9. The number of esters is 1. The van der Waals surface area contributed by atoms with Crippen molar-refractivity contribution in [3.05, 3.63) is 85.1 Å². The Morgan fingerprint density at radius 3 is 1.32 bits per heavy atom. The van der Waals surface area contributed by atoms with E-state index in [1.165, 1.54) is 122 Å². The van der Waals surface area contributed by atoms with Crippen LogP contribution in [-0.4, -0.2) is 142 Å². The largest absolute Gasteiger partial charge is 0.457 e. The van der Waals surface area contributed by atoms with Crippen molar-refractivity contribution in [3.63, 3.8) is 0 Å². The molecule has 444 valence electrons. The number of unbranched alkanes of at least 4 members (excludes halogenated alkanes) is 20. The number of aliphatic hydroxyl groups is 7. The lowest BCUT2D eigenvalue weighted by atomic mass is 9.98. The lowest BCUT2D eigenvalue weighted by Gasteiger charge is -2.42. The highest BCUT2D eigenvalue weighted by molar-refractivity contribution is 5.69. The highest BCUT2D eigenvalue weighted by Gasteiger charge is 2.47.